The maximum Gasteiger partial charge on any atom is 0.309 e. The molecule has 0 unspecified atom stereocenters. The van der Waals surface area contributed by atoms with Crippen LogP contribution in [0.1, 0.15) is 16.7 Å². The molecule has 0 bridgehead atoms. The Labute approximate surface area is 114 Å². The molecule has 0 spiro atoms. The third kappa shape index (κ3) is 2.84. The van der Waals surface area contributed by atoms with Gasteiger partial charge in [0.2, 0.25) is 0 Å². The summed E-state index contributed by atoms with van der Waals surface area (Å²) in [6, 6.07) is 14.4. The number of hydrogen-bond donors (Lipinski definition) is 0. The van der Waals surface area contributed by atoms with Crippen LogP contribution in [0.5, 0.6) is 0 Å². The van der Waals surface area contributed by atoms with Crippen LogP contribution in [-0.4, -0.2) is 13.1 Å². The first-order valence-electron chi connectivity index (χ1n) is 6.34. The van der Waals surface area contributed by atoms with E-state index in [9.17, 15) is 4.79 Å². The van der Waals surface area contributed by atoms with Crippen LogP contribution in [0.25, 0.3) is 11.1 Å². The summed E-state index contributed by atoms with van der Waals surface area (Å²) < 4.78 is 4.77. The molecular formula is C17H18O2. The van der Waals surface area contributed by atoms with E-state index in [2.05, 4.69) is 31.2 Å². The number of carbonyl (C=O) groups is 1. The zero-order valence-corrected chi connectivity index (χ0v) is 11.6. The predicted octanol–water partition coefficient (Wildman–Crippen LogP) is 3.69. The summed E-state index contributed by atoms with van der Waals surface area (Å²) in [6.45, 7) is 4.09. The highest BCUT2D eigenvalue weighted by molar-refractivity contribution is 5.76. The van der Waals surface area contributed by atoms with Gasteiger partial charge in [0.25, 0.3) is 0 Å². The fraction of sp³-hybridized carbons (Fsp3) is 0.235. The summed E-state index contributed by atoms with van der Waals surface area (Å²) in [5, 5.41) is 0. The van der Waals surface area contributed by atoms with Gasteiger partial charge in [0.05, 0.1) is 13.5 Å². The molecule has 2 aromatic carbocycles. The number of carbonyl (C=O) groups excluding carboxylic acids is 1. The zero-order valence-electron chi connectivity index (χ0n) is 11.6. The molecule has 0 amide bonds. The van der Waals surface area contributed by atoms with Crippen LogP contribution in [0.2, 0.25) is 0 Å². The molecule has 19 heavy (non-hydrogen) atoms. The summed E-state index contributed by atoms with van der Waals surface area (Å²) in [5.41, 5.74) is 5.68. The molecule has 98 valence electrons. The van der Waals surface area contributed by atoms with Crippen LogP contribution in [-0.2, 0) is 16.0 Å². The Morgan fingerprint density at radius 2 is 1.74 bits per heavy atom. The van der Waals surface area contributed by atoms with E-state index in [1.165, 1.54) is 18.2 Å². The van der Waals surface area contributed by atoms with Crippen molar-refractivity contribution in [3.05, 3.63) is 59.2 Å². The number of esters is 1. The first-order valence-corrected chi connectivity index (χ1v) is 6.34. The molecule has 2 aromatic rings. The van der Waals surface area contributed by atoms with Gasteiger partial charge in [-0.1, -0.05) is 42.5 Å². The zero-order chi connectivity index (χ0) is 13.8. The Morgan fingerprint density at radius 3 is 2.37 bits per heavy atom. The van der Waals surface area contributed by atoms with E-state index < -0.39 is 0 Å². The lowest BCUT2D eigenvalue weighted by Crippen LogP contribution is -2.08. The average molecular weight is 254 g/mol. The third-order valence-electron chi connectivity index (χ3n) is 3.47. The summed E-state index contributed by atoms with van der Waals surface area (Å²) in [6.07, 6.45) is 0.328. The number of aryl methyl sites for hydroxylation is 1. The maximum absolute atomic E-state index is 11.5. The minimum absolute atomic E-state index is 0.198. The molecule has 0 saturated heterocycles. The highest BCUT2D eigenvalue weighted by Gasteiger charge is 2.12. The fourth-order valence-electron chi connectivity index (χ4n) is 2.31. The van der Waals surface area contributed by atoms with Crippen molar-refractivity contribution in [1.82, 2.24) is 0 Å². The second-order valence-electron chi connectivity index (χ2n) is 4.65. The van der Waals surface area contributed by atoms with E-state index in [0.717, 1.165) is 16.7 Å². The molecule has 0 aliphatic rings. The van der Waals surface area contributed by atoms with Crippen molar-refractivity contribution < 1.29 is 9.53 Å². The highest BCUT2D eigenvalue weighted by atomic mass is 16.5. The van der Waals surface area contributed by atoms with Crippen molar-refractivity contribution in [2.75, 3.05) is 7.11 Å². The van der Waals surface area contributed by atoms with E-state index >= 15 is 0 Å². The van der Waals surface area contributed by atoms with E-state index in [4.69, 9.17) is 4.74 Å². The standard InChI is InChI=1S/C17H18O2/c1-12-9-10-15(14-7-5-4-6-8-14)13(2)16(12)11-17(18)19-3/h4-10H,11H2,1-3H3. The van der Waals surface area contributed by atoms with Crippen LogP contribution in [0.4, 0.5) is 0 Å². The van der Waals surface area contributed by atoms with Gasteiger partial charge in [0, 0.05) is 0 Å². The van der Waals surface area contributed by atoms with Gasteiger partial charge in [-0.25, -0.2) is 0 Å². The Kier molecular flexibility index (Phi) is 4.00. The molecule has 0 heterocycles. The van der Waals surface area contributed by atoms with Crippen molar-refractivity contribution in [3.63, 3.8) is 0 Å². The van der Waals surface area contributed by atoms with Crippen molar-refractivity contribution >= 4 is 5.97 Å². The van der Waals surface area contributed by atoms with Gasteiger partial charge in [-0.15, -0.1) is 0 Å². The predicted molar refractivity (Wildman–Crippen MR) is 77.1 cm³/mol. The summed E-state index contributed by atoms with van der Waals surface area (Å²) in [5.74, 6) is -0.198. The lowest BCUT2D eigenvalue weighted by Gasteiger charge is -2.14. The molecule has 0 N–H and O–H groups in total. The molecule has 0 radical (unpaired) electrons. The molecule has 0 fully saturated rings. The van der Waals surface area contributed by atoms with Crippen LogP contribution < -0.4 is 0 Å². The Balaban J connectivity index is 2.48. The number of hydrogen-bond acceptors (Lipinski definition) is 2. The molecule has 0 saturated carbocycles. The van der Waals surface area contributed by atoms with Gasteiger partial charge in [0.1, 0.15) is 0 Å². The minimum Gasteiger partial charge on any atom is -0.469 e. The lowest BCUT2D eigenvalue weighted by atomic mass is 9.92. The van der Waals surface area contributed by atoms with E-state index in [1.54, 1.807) is 0 Å². The summed E-state index contributed by atoms with van der Waals surface area (Å²) >= 11 is 0. The summed E-state index contributed by atoms with van der Waals surface area (Å²) in [7, 11) is 1.42. The number of methoxy groups -OCH3 is 1. The van der Waals surface area contributed by atoms with Crippen LogP contribution in [0.3, 0.4) is 0 Å². The van der Waals surface area contributed by atoms with E-state index in [0.29, 0.717) is 6.42 Å². The van der Waals surface area contributed by atoms with Crippen molar-refractivity contribution in [2.24, 2.45) is 0 Å². The Hall–Kier alpha value is -2.09. The second kappa shape index (κ2) is 5.70. The molecule has 0 atom stereocenters. The number of rotatable bonds is 3. The quantitative estimate of drug-likeness (QED) is 0.781. The average Bonchev–Trinajstić information content (AvgIpc) is 2.44. The molecule has 2 rings (SSSR count). The van der Waals surface area contributed by atoms with Crippen molar-refractivity contribution in [1.29, 1.82) is 0 Å². The van der Waals surface area contributed by atoms with Crippen LogP contribution in [0.15, 0.2) is 42.5 Å². The summed E-state index contributed by atoms with van der Waals surface area (Å²) in [4.78, 5) is 11.5. The molecule has 2 heteroatoms. The SMILES string of the molecule is COC(=O)Cc1c(C)ccc(-c2ccccc2)c1C. The van der Waals surface area contributed by atoms with Gasteiger partial charge in [-0.3, -0.25) is 4.79 Å². The van der Waals surface area contributed by atoms with Gasteiger partial charge in [-0.05, 0) is 41.7 Å². The van der Waals surface area contributed by atoms with Gasteiger partial charge in [-0.2, -0.15) is 0 Å². The third-order valence-corrected chi connectivity index (χ3v) is 3.47. The normalized spacial score (nSPS) is 10.3. The fourth-order valence-corrected chi connectivity index (χ4v) is 2.31. The number of benzene rings is 2. The first kappa shape index (κ1) is 13.3. The molecule has 0 aliphatic heterocycles. The Morgan fingerprint density at radius 1 is 1.05 bits per heavy atom. The highest BCUT2D eigenvalue weighted by Crippen LogP contribution is 2.28. The van der Waals surface area contributed by atoms with Gasteiger partial charge in [0.15, 0.2) is 0 Å². The first-order chi connectivity index (χ1) is 9.13. The monoisotopic (exact) mass is 254 g/mol. The second-order valence-corrected chi connectivity index (χ2v) is 4.65. The molecular weight excluding hydrogens is 236 g/mol. The molecule has 2 nitrogen and oxygen atoms in total. The van der Waals surface area contributed by atoms with Crippen molar-refractivity contribution in [2.45, 2.75) is 20.3 Å². The topological polar surface area (TPSA) is 26.3 Å². The van der Waals surface area contributed by atoms with Crippen LogP contribution in [0, 0.1) is 13.8 Å². The minimum atomic E-state index is -0.198. The smallest absolute Gasteiger partial charge is 0.309 e. The number of ether oxygens (including phenoxy) is 1. The van der Waals surface area contributed by atoms with Gasteiger partial charge < -0.3 is 4.74 Å². The maximum atomic E-state index is 11.5. The van der Waals surface area contributed by atoms with Gasteiger partial charge >= 0.3 is 5.97 Å². The Bertz CT molecular complexity index is 586. The largest absolute Gasteiger partial charge is 0.469 e. The molecule has 0 aromatic heterocycles. The van der Waals surface area contributed by atoms with Crippen molar-refractivity contribution in [3.8, 4) is 11.1 Å². The van der Waals surface area contributed by atoms with E-state index in [-0.39, 0.29) is 5.97 Å². The molecule has 0 aliphatic carbocycles. The lowest BCUT2D eigenvalue weighted by molar-refractivity contribution is -0.139. The van der Waals surface area contributed by atoms with E-state index in [1.807, 2.05) is 25.1 Å². The van der Waals surface area contributed by atoms with Crippen LogP contribution >= 0.6 is 0 Å².